The van der Waals surface area contributed by atoms with E-state index < -0.39 is 0 Å². The maximum atomic E-state index is 5.93. The lowest BCUT2D eigenvalue weighted by Crippen LogP contribution is -2.51. The minimum Gasteiger partial charge on any atom is -0.312 e. The highest BCUT2D eigenvalue weighted by Gasteiger charge is 2.26. The zero-order chi connectivity index (χ0) is 7.45. The predicted octanol–water partition coefficient (Wildman–Crippen LogP) is 1.01. The number of nitrogens with two attached hydrogens (primary N) is 1. The van der Waals surface area contributed by atoms with Crippen LogP contribution in [0.15, 0.2) is 12.7 Å². The van der Waals surface area contributed by atoms with Gasteiger partial charge in [0.1, 0.15) is 0 Å². The number of nitrogens with zero attached hydrogens (tertiary/aromatic N) is 1. The number of rotatable bonds is 2. The Bertz CT molecular complexity index is 114. The van der Waals surface area contributed by atoms with Gasteiger partial charge in [-0.1, -0.05) is 6.08 Å². The van der Waals surface area contributed by atoms with Gasteiger partial charge in [0, 0.05) is 6.54 Å². The third-order valence-electron chi connectivity index (χ3n) is 1.94. The molecule has 0 aliphatic carbocycles. The van der Waals surface area contributed by atoms with E-state index in [1.54, 1.807) is 0 Å². The van der Waals surface area contributed by atoms with Crippen molar-refractivity contribution >= 4 is 0 Å². The Morgan fingerprint density at radius 1 is 1.60 bits per heavy atom. The van der Waals surface area contributed by atoms with E-state index in [1.807, 2.05) is 6.08 Å². The predicted molar refractivity (Wildman–Crippen MR) is 42.6 cm³/mol. The first kappa shape index (κ1) is 7.76. The van der Waals surface area contributed by atoms with Gasteiger partial charge in [-0.25, -0.2) is 5.32 Å². The molecule has 1 aliphatic rings. The van der Waals surface area contributed by atoms with Gasteiger partial charge in [-0.2, -0.15) is 0 Å². The summed E-state index contributed by atoms with van der Waals surface area (Å²) in [4.78, 5) is 0. The molecule has 2 heteroatoms. The third kappa shape index (κ3) is 1.82. The van der Waals surface area contributed by atoms with Gasteiger partial charge in [0.2, 0.25) is 0 Å². The highest BCUT2D eigenvalue weighted by molar-refractivity contribution is 4.90. The second-order valence-electron chi connectivity index (χ2n) is 2.94. The van der Waals surface area contributed by atoms with Gasteiger partial charge in [-0.05, 0) is 25.7 Å². The Hall–Kier alpha value is -0.340. The third-order valence-corrected chi connectivity index (χ3v) is 1.94. The summed E-state index contributed by atoms with van der Waals surface area (Å²) in [5.41, 5.74) is 5.67. The van der Waals surface area contributed by atoms with Crippen LogP contribution in [0.1, 0.15) is 25.7 Å². The fraction of sp³-hybridized carbons (Fsp3) is 0.750. The Labute approximate surface area is 62.5 Å². The largest absolute Gasteiger partial charge is 0.312 e. The quantitative estimate of drug-likeness (QED) is 0.570. The molecule has 0 bridgehead atoms. The van der Waals surface area contributed by atoms with Crippen LogP contribution in [0.5, 0.6) is 0 Å². The van der Waals surface area contributed by atoms with Crippen LogP contribution in [-0.2, 0) is 0 Å². The Balaban J connectivity index is 2.39. The van der Waals surface area contributed by atoms with Crippen molar-refractivity contribution in [1.82, 2.24) is 5.32 Å². The van der Waals surface area contributed by atoms with Crippen molar-refractivity contribution in [3.05, 3.63) is 12.7 Å². The minimum atomic E-state index is -0.264. The van der Waals surface area contributed by atoms with E-state index in [9.17, 15) is 0 Å². The summed E-state index contributed by atoms with van der Waals surface area (Å²) in [7, 11) is 0. The Kier molecular flexibility index (Phi) is 2.46. The van der Waals surface area contributed by atoms with E-state index in [-0.39, 0.29) is 5.66 Å². The highest BCUT2D eigenvalue weighted by Crippen LogP contribution is 2.18. The second-order valence-corrected chi connectivity index (χ2v) is 2.94. The topological polar surface area (TPSA) is 40.1 Å². The highest BCUT2D eigenvalue weighted by atomic mass is 15.1. The molecule has 10 heavy (non-hydrogen) atoms. The van der Waals surface area contributed by atoms with Crippen molar-refractivity contribution in [2.75, 3.05) is 6.54 Å². The zero-order valence-electron chi connectivity index (χ0n) is 6.34. The first-order valence-electron chi connectivity index (χ1n) is 3.85. The number of piperidine rings is 1. The zero-order valence-corrected chi connectivity index (χ0v) is 6.34. The van der Waals surface area contributed by atoms with Gasteiger partial charge >= 0.3 is 0 Å². The van der Waals surface area contributed by atoms with Crippen LogP contribution in [0, 0.1) is 0 Å². The van der Waals surface area contributed by atoms with Crippen LogP contribution in [0.3, 0.4) is 0 Å². The molecule has 2 N–H and O–H groups in total. The van der Waals surface area contributed by atoms with E-state index in [1.165, 1.54) is 12.8 Å². The standard InChI is InChI=1S/C8H15N2/c1-2-5-8(9)6-3-4-7-10-8/h2H,1,3-7,9H2. The molecule has 1 radical (unpaired) electrons. The molecule has 0 aromatic rings. The minimum absolute atomic E-state index is 0.264. The van der Waals surface area contributed by atoms with Gasteiger partial charge in [0.15, 0.2) is 0 Å². The molecule has 0 saturated carbocycles. The maximum absolute atomic E-state index is 5.93. The van der Waals surface area contributed by atoms with Crippen molar-refractivity contribution in [3.63, 3.8) is 0 Å². The van der Waals surface area contributed by atoms with Gasteiger partial charge in [-0.3, -0.25) is 0 Å². The molecule has 1 saturated heterocycles. The average Bonchev–Trinajstić information content (AvgIpc) is 1.89. The van der Waals surface area contributed by atoms with Gasteiger partial charge < -0.3 is 5.73 Å². The van der Waals surface area contributed by atoms with Crippen molar-refractivity contribution in [1.29, 1.82) is 0 Å². The maximum Gasteiger partial charge on any atom is 0.0858 e. The number of hydrogen-bond acceptors (Lipinski definition) is 1. The molecule has 1 aliphatic heterocycles. The van der Waals surface area contributed by atoms with Crippen molar-refractivity contribution in [3.8, 4) is 0 Å². The molecule has 0 spiro atoms. The molecule has 2 nitrogen and oxygen atoms in total. The first-order chi connectivity index (χ1) is 4.77. The summed E-state index contributed by atoms with van der Waals surface area (Å²) in [6.07, 6.45) is 6.13. The van der Waals surface area contributed by atoms with E-state index in [4.69, 9.17) is 5.73 Å². The van der Waals surface area contributed by atoms with Gasteiger partial charge in [0.25, 0.3) is 0 Å². The summed E-state index contributed by atoms with van der Waals surface area (Å²) in [6.45, 7) is 4.59. The molecule has 1 fully saturated rings. The second kappa shape index (κ2) is 3.17. The van der Waals surface area contributed by atoms with E-state index in [0.717, 1.165) is 19.4 Å². The summed E-state index contributed by atoms with van der Waals surface area (Å²) in [5, 5.41) is 4.36. The van der Waals surface area contributed by atoms with Crippen LogP contribution < -0.4 is 11.1 Å². The lowest BCUT2D eigenvalue weighted by molar-refractivity contribution is 0.257. The van der Waals surface area contributed by atoms with Crippen LogP contribution in [0.25, 0.3) is 0 Å². The molecule has 1 atom stereocenters. The van der Waals surface area contributed by atoms with Crippen LogP contribution in [0.2, 0.25) is 0 Å². The molecule has 1 rings (SSSR count). The summed E-state index contributed by atoms with van der Waals surface area (Å²) in [6, 6.07) is 0. The molecule has 0 aromatic carbocycles. The monoisotopic (exact) mass is 139 g/mol. The summed E-state index contributed by atoms with van der Waals surface area (Å²) in [5.74, 6) is 0. The van der Waals surface area contributed by atoms with E-state index >= 15 is 0 Å². The lowest BCUT2D eigenvalue weighted by Gasteiger charge is -2.31. The van der Waals surface area contributed by atoms with E-state index in [0.29, 0.717) is 0 Å². The fourth-order valence-electron chi connectivity index (χ4n) is 1.34. The molecule has 57 valence electrons. The average molecular weight is 139 g/mol. The van der Waals surface area contributed by atoms with Crippen LogP contribution in [0.4, 0.5) is 0 Å². The van der Waals surface area contributed by atoms with Crippen LogP contribution >= 0.6 is 0 Å². The normalized spacial score (nSPS) is 33.7. The molecule has 0 amide bonds. The fourth-order valence-corrected chi connectivity index (χ4v) is 1.34. The molecule has 1 unspecified atom stereocenters. The lowest BCUT2D eigenvalue weighted by atomic mass is 9.96. The van der Waals surface area contributed by atoms with Gasteiger partial charge in [-0.15, -0.1) is 6.58 Å². The SMILES string of the molecule is C=CCC1(N)CCCC[N]1. The number of hydrogen-bond donors (Lipinski definition) is 1. The van der Waals surface area contributed by atoms with Gasteiger partial charge in [0.05, 0.1) is 5.66 Å². The van der Waals surface area contributed by atoms with Crippen molar-refractivity contribution in [2.24, 2.45) is 5.73 Å². The Morgan fingerprint density at radius 3 is 2.90 bits per heavy atom. The molecular formula is C8H15N2. The smallest absolute Gasteiger partial charge is 0.0858 e. The van der Waals surface area contributed by atoms with E-state index in [2.05, 4.69) is 11.9 Å². The Morgan fingerprint density at radius 2 is 2.40 bits per heavy atom. The first-order valence-corrected chi connectivity index (χ1v) is 3.85. The summed E-state index contributed by atoms with van der Waals surface area (Å²) < 4.78 is 0. The molecular weight excluding hydrogens is 124 g/mol. The molecule has 0 aromatic heterocycles. The van der Waals surface area contributed by atoms with Crippen molar-refractivity contribution in [2.45, 2.75) is 31.3 Å². The van der Waals surface area contributed by atoms with Crippen molar-refractivity contribution < 1.29 is 0 Å². The summed E-state index contributed by atoms with van der Waals surface area (Å²) >= 11 is 0. The molecule has 1 heterocycles. The van der Waals surface area contributed by atoms with Crippen LogP contribution in [-0.4, -0.2) is 12.2 Å².